The Morgan fingerprint density at radius 2 is 0.964 bits per heavy atom. The molecule has 2 atom stereocenters. The number of benzene rings is 4. The molecule has 4 aromatic rings. The van der Waals surface area contributed by atoms with Crippen molar-refractivity contribution in [3.8, 4) is 34.5 Å². The molecule has 2 unspecified atom stereocenters. The third-order valence-corrected chi connectivity index (χ3v) is 10.0. The Bertz CT molecular complexity index is 1970. The Morgan fingerprint density at radius 1 is 0.589 bits per heavy atom. The number of carbonyl (C=O) groups is 2. The lowest BCUT2D eigenvalue weighted by atomic mass is 9.97. The molecule has 56 heavy (non-hydrogen) atoms. The standard InChI is InChI=1S/C42H44Cl2N2O10/c1-45-17-15-27-19-35(49-3)37(51-5)23-33(27)41(25-45,53-31-11-7-9-29(43)21-31)55-39(47)13-14-40(48)56-42(54-32-12-8-10-30(44)22-32)26-46(2)18-16-28-20-36(50-4)38(52-6)24-34(28)42/h7-14,19-24H,15-18,25-26H2,1-6H3/b14-13-. The highest BCUT2D eigenvalue weighted by atomic mass is 35.5. The van der Waals surface area contributed by atoms with E-state index in [0.29, 0.717) is 81.6 Å². The van der Waals surface area contributed by atoms with E-state index in [4.69, 9.17) is 61.1 Å². The van der Waals surface area contributed by atoms with Gasteiger partial charge in [0.05, 0.1) is 41.5 Å². The molecule has 0 aliphatic carbocycles. The Labute approximate surface area is 336 Å². The lowest BCUT2D eigenvalue weighted by molar-refractivity contribution is -0.205. The first-order chi connectivity index (χ1) is 26.9. The van der Waals surface area contributed by atoms with Crippen LogP contribution in [0.3, 0.4) is 0 Å². The zero-order chi connectivity index (χ0) is 40.0. The van der Waals surface area contributed by atoms with E-state index in [9.17, 15) is 9.59 Å². The first-order valence-corrected chi connectivity index (χ1v) is 18.6. The van der Waals surface area contributed by atoms with Gasteiger partial charge in [-0.15, -0.1) is 0 Å². The number of rotatable bonds is 12. The maximum absolute atomic E-state index is 14.0. The van der Waals surface area contributed by atoms with Crippen LogP contribution in [0, 0.1) is 0 Å². The van der Waals surface area contributed by atoms with Crippen molar-refractivity contribution in [3.63, 3.8) is 0 Å². The largest absolute Gasteiger partial charge is 0.493 e. The molecule has 2 heterocycles. The molecule has 2 aliphatic heterocycles. The minimum Gasteiger partial charge on any atom is -0.493 e. The smallest absolute Gasteiger partial charge is 0.334 e. The number of hydrogen-bond acceptors (Lipinski definition) is 12. The number of halogens is 2. The summed E-state index contributed by atoms with van der Waals surface area (Å²) in [7, 11) is 9.93. The van der Waals surface area contributed by atoms with Crippen LogP contribution < -0.4 is 28.4 Å². The predicted octanol–water partition coefficient (Wildman–Crippen LogP) is 6.81. The summed E-state index contributed by atoms with van der Waals surface area (Å²) in [5.41, 5.74) is 2.71. The molecule has 0 radical (unpaired) electrons. The van der Waals surface area contributed by atoms with Crippen molar-refractivity contribution in [2.75, 3.05) is 68.7 Å². The molecule has 296 valence electrons. The molecule has 0 aromatic heterocycles. The van der Waals surface area contributed by atoms with E-state index in [1.807, 2.05) is 36.0 Å². The molecule has 0 spiro atoms. The topological polar surface area (TPSA) is 114 Å². The predicted molar refractivity (Wildman–Crippen MR) is 210 cm³/mol. The molecular formula is C42H44Cl2N2O10. The SMILES string of the molecule is COc1cc2c(cc1OC)C(OC(=O)/C=C\C(=O)OC1(Oc3cccc(Cl)c3)CN(C)CCc3cc(OC)c(OC)cc31)(Oc1cccc(Cl)c1)CN(C)CC2. The van der Waals surface area contributed by atoms with Crippen molar-refractivity contribution < 1.29 is 47.5 Å². The van der Waals surface area contributed by atoms with Crippen molar-refractivity contribution >= 4 is 35.1 Å². The van der Waals surface area contributed by atoms with E-state index in [1.165, 1.54) is 14.2 Å². The quantitative estimate of drug-likeness (QED) is 0.0852. The minimum atomic E-state index is -1.72. The van der Waals surface area contributed by atoms with Crippen LogP contribution in [-0.4, -0.2) is 90.5 Å². The van der Waals surface area contributed by atoms with Crippen molar-refractivity contribution in [2.45, 2.75) is 24.4 Å². The highest BCUT2D eigenvalue weighted by Crippen LogP contribution is 2.43. The zero-order valence-electron chi connectivity index (χ0n) is 32.1. The zero-order valence-corrected chi connectivity index (χ0v) is 33.6. The Kier molecular flexibility index (Phi) is 12.5. The fourth-order valence-electron chi connectivity index (χ4n) is 6.99. The number of likely N-dealkylation sites (N-methyl/N-ethyl adjacent to an activating group) is 2. The van der Waals surface area contributed by atoms with Gasteiger partial charge in [0.2, 0.25) is 0 Å². The van der Waals surface area contributed by atoms with Crippen LogP contribution in [0.25, 0.3) is 0 Å². The molecule has 6 rings (SSSR count). The molecule has 0 N–H and O–H groups in total. The van der Waals surface area contributed by atoms with Crippen LogP contribution in [0.15, 0.2) is 84.9 Å². The highest BCUT2D eigenvalue weighted by molar-refractivity contribution is 6.31. The van der Waals surface area contributed by atoms with Crippen LogP contribution in [0.4, 0.5) is 0 Å². The normalized spacial score (nSPS) is 19.8. The summed E-state index contributed by atoms with van der Waals surface area (Å²) in [4.78, 5) is 31.9. The van der Waals surface area contributed by atoms with Crippen LogP contribution in [0.1, 0.15) is 22.3 Å². The molecule has 0 bridgehead atoms. The third-order valence-electron chi connectivity index (χ3n) is 9.57. The number of ether oxygens (including phenoxy) is 8. The van der Waals surface area contributed by atoms with Gasteiger partial charge in [-0.1, -0.05) is 35.3 Å². The third kappa shape index (κ3) is 8.94. The van der Waals surface area contributed by atoms with Gasteiger partial charge in [-0.05, 0) is 98.7 Å². The number of carbonyl (C=O) groups excluding carboxylic acids is 2. The summed E-state index contributed by atoms with van der Waals surface area (Å²) in [6.07, 6.45) is 3.18. The average Bonchev–Trinajstić information content (AvgIpc) is 3.38. The van der Waals surface area contributed by atoms with E-state index in [2.05, 4.69) is 0 Å². The maximum atomic E-state index is 14.0. The van der Waals surface area contributed by atoms with Crippen molar-refractivity contribution in [1.29, 1.82) is 0 Å². The first kappa shape index (κ1) is 40.5. The second-order valence-electron chi connectivity index (χ2n) is 13.5. The Hall–Kier alpha value is -5.14. The van der Waals surface area contributed by atoms with E-state index < -0.39 is 23.5 Å². The van der Waals surface area contributed by atoms with Gasteiger partial charge in [0, 0.05) is 46.4 Å². The van der Waals surface area contributed by atoms with Gasteiger partial charge < -0.3 is 37.9 Å². The van der Waals surface area contributed by atoms with Gasteiger partial charge in [0.1, 0.15) is 11.5 Å². The number of nitrogens with zero attached hydrogens (tertiary/aromatic N) is 2. The van der Waals surface area contributed by atoms with Crippen LogP contribution in [0.5, 0.6) is 34.5 Å². The van der Waals surface area contributed by atoms with Crippen LogP contribution >= 0.6 is 23.2 Å². The van der Waals surface area contributed by atoms with E-state index >= 15 is 0 Å². The lowest BCUT2D eigenvalue weighted by Gasteiger charge is -2.36. The van der Waals surface area contributed by atoms with E-state index in [-0.39, 0.29) is 13.1 Å². The number of esters is 2. The van der Waals surface area contributed by atoms with Gasteiger partial charge in [-0.25, -0.2) is 9.59 Å². The second-order valence-corrected chi connectivity index (χ2v) is 14.4. The molecule has 0 fully saturated rings. The van der Waals surface area contributed by atoms with Gasteiger partial charge in [-0.3, -0.25) is 9.80 Å². The van der Waals surface area contributed by atoms with Crippen LogP contribution in [0.2, 0.25) is 10.0 Å². The Balaban J connectivity index is 1.38. The summed E-state index contributed by atoms with van der Waals surface area (Å²) < 4.78 is 48.2. The number of fused-ring (bicyclic) bond motifs is 2. The summed E-state index contributed by atoms with van der Waals surface area (Å²) in [5.74, 6) is -2.63. The molecular weight excluding hydrogens is 763 g/mol. The van der Waals surface area contributed by atoms with Gasteiger partial charge in [0.25, 0.3) is 11.6 Å². The van der Waals surface area contributed by atoms with E-state index in [1.54, 1.807) is 74.9 Å². The van der Waals surface area contributed by atoms with Gasteiger partial charge >= 0.3 is 11.9 Å². The molecule has 14 heteroatoms. The maximum Gasteiger partial charge on any atom is 0.334 e. The van der Waals surface area contributed by atoms with Gasteiger partial charge in [-0.2, -0.15) is 0 Å². The van der Waals surface area contributed by atoms with E-state index in [0.717, 1.165) is 23.3 Å². The van der Waals surface area contributed by atoms with Crippen molar-refractivity contribution in [2.24, 2.45) is 0 Å². The minimum absolute atomic E-state index is 0.122. The summed E-state index contributed by atoms with van der Waals surface area (Å²) in [5, 5.41) is 0.855. The summed E-state index contributed by atoms with van der Waals surface area (Å²) in [6.45, 7) is 1.47. The van der Waals surface area contributed by atoms with Gasteiger partial charge in [0.15, 0.2) is 23.0 Å². The van der Waals surface area contributed by atoms with Crippen molar-refractivity contribution in [3.05, 3.63) is 117 Å². The lowest BCUT2D eigenvalue weighted by Crippen LogP contribution is -2.47. The molecule has 12 nitrogen and oxygen atoms in total. The first-order valence-electron chi connectivity index (χ1n) is 17.8. The molecule has 4 aromatic carbocycles. The average molecular weight is 808 g/mol. The Morgan fingerprint density at radius 3 is 1.32 bits per heavy atom. The monoisotopic (exact) mass is 806 g/mol. The van der Waals surface area contributed by atoms with Crippen molar-refractivity contribution in [1.82, 2.24) is 9.80 Å². The molecule has 0 saturated carbocycles. The fraction of sp³-hybridized carbons (Fsp3) is 0.333. The van der Waals surface area contributed by atoms with Crippen LogP contribution in [-0.2, 0) is 43.5 Å². The molecule has 0 amide bonds. The molecule has 2 aliphatic rings. The summed E-state index contributed by atoms with van der Waals surface area (Å²) in [6, 6.07) is 20.7. The number of hydrogen-bond donors (Lipinski definition) is 0. The summed E-state index contributed by atoms with van der Waals surface area (Å²) >= 11 is 12.7. The molecule has 0 saturated heterocycles. The highest BCUT2D eigenvalue weighted by Gasteiger charge is 2.46. The second kappa shape index (κ2) is 17.3. The number of methoxy groups -OCH3 is 4. The fourth-order valence-corrected chi connectivity index (χ4v) is 7.35.